The van der Waals surface area contributed by atoms with Crippen molar-refractivity contribution in [3.8, 4) is 0 Å². The van der Waals surface area contributed by atoms with E-state index in [4.69, 9.17) is 15.0 Å². The third-order valence-electron chi connectivity index (χ3n) is 19.1. The van der Waals surface area contributed by atoms with E-state index in [0.29, 0.717) is 96.0 Å². The summed E-state index contributed by atoms with van der Waals surface area (Å²) in [7, 11) is 6.55. The molecule has 72 heavy (non-hydrogen) atoms. The first-order chi connectivity index (χ1) is 33.6. The van der Waals surface area contributed by atoms with Crippen LogP contribution in [0.4, 0.5) is 17.8 Å². The molecule has 3 aliphatic heterocycles. The van der Waals surface area contributed by atoms with Crippen LogP contribution < -0.4 is 14.7 Å². The summed E-state index contributed by atoms with van der Waals surface area (Å²) in [6, 6.07) is 0.576. The van der Waals surface area contributed by atoms with Crippen molar-refractivity contribution < 1.29 is 14.4 Å². The van der Waals surface area contributed by atoms with Crippen LogP contribution in [-0.2, 0) is 14.4 Å². The van der Waals surface area contributed by atoms with Crippen LogP contribution in [0.5, 0.6) is 0 Å². The minimum atomic E-state index is -0.153. The number of piperazine rings is 3. The minimum absolute atomic E-state index is 0.153. The Kier molecular flexibility index (Phi) is 17.3. The second-order valence-electron chi connectivity index (χ2n) is 27.2. The summed E-state index contributed by atoms with van der Waals surface area (Å²) in [6.07, 6.45) is 17.7. The van der Waals surface area contributed by atoms with Crippen molar-refractivity contribution in [2.75, 3.05) is 94.7 Å². The molecule has 0 bridgehead atoms. The molecule has 0 atom stereocenters. The van der Waals surface area contributed by atoms with E-state index < -0.39 is 0 Å². The van der Waals surface area contributed by atoms with Crippen molar-refractivity contribution in [1.29, 1.82) is 0 Å². The molecule has 0 aromatic carbocycles. The summed E-state index contributed by atoms with van der Waals surface area (Å²) >= 11 is 0. The number of carbonyl (C=O) groups is 3. The lowest BCUT2D eigenvalue weighted by Crippen LogP contribution is -2.68. The highest BCUT2D eigenvalue weighted by Gasteiger charge is 2.47. The Morgan fingerprint density at radius 3 is 0.764 bits per heavy atom. The molecule has 6 fully saturated rings. The Morgan fingerprint density at radius 2 is 0.569 bits per heavy atom. The molecule has 0 N–H and O–H groups in total. The molecule has 4 heterocycles. The van der Waals surface area contributed by atoms with E-state index in [1.54, 1.807) is 0 Å². The van der Waals surface area contributed by atoms with E-state index in [1.165, 1.54) is 19.3 Å². The van der Waals surface area contributed by atoms with Gasteiger partial charge in [0.1, 0.15) is 0 Å². The summed E-state index contributed by atoms with van der Waals surface area (Å²) < 4.78 is 0. The molecule has 15 heteroatoms. The smallest absolute Gasteiger partial charge is 0.232 e. The number of nitrogens with zero attached hydrogens (tertiary/aromatic N) is 12. The predicted octanol–water partition coefficient (Wildman–Crippen LogP) is 8.45. The van der Waals surface area contributed by atoms with Gasteiger partial charge in [-0.05, 0) is 143 Å². The van der Waals surface area contributed by atoms with Gasteiger partial charge in [-0.3, -0.25) is 29.1 Å². The van der Waals surface area contributed by atoms with Gasteiger partial charge in [-0.15, -0.1) is 0 Å². The highest BCUT2D eigenvalue weighted by Crippen LogP contribution is 2.37. The first kappa shape index (κ1) is 56.4. The van der Waals surface area contributed by atoms with E-state index in [1.807, 2.05) is 0 Å². The van der Waals surface area contributed by atoms with Crippen LogP contribution in [0.2, 0.25) is 0 Å². The summed E-state index contributed by atoms with van der Waals surface area (Å²) in [4.78, 5) is 81.1. The highest BCUT2D eigenvalue weighted by molar-refractivity contribution is 5.78. The molecule has 15 nitrogen and oxygen atoms in total. The molecule has 1 aromatic rings. The number of anilines is 3. The molecular formula is C57H102N12O3. The molecule has 0 radical (unpaired) electrons. The number of aromatic nitrogens is 3. The number of carbonyl (C=O) groups excluding carboxylic acids is 3. The maximum atomic E-state index is 14.6. The van der Waals surface area contributed by atoms with Gasteiger partial charge in [0.2, 0.25) is 35.6 Å². The fourth-order valence-electron chi connectivity index (χ4n) is 14.0. The first-order valence-electron chi connectivity index (χ1n) is 28.7. The average Bonchev–Trinajstić information content (AvgIpc) is 3.32. The van der Waals surface area contributed by atoms with Gasteiger partial charge in [0.25, 0.3) is 0 Å². The van der Waals surface area contributed by atoms with E-state index in [-0.39, 0.29) is 69.1 Å². The molecule has 0 spiro atoms. The van der Waals surface area contributed by atoms with Crippen LogP contribution in [0.3, 0.4) is 0 Å². The van der Waals surface area contributed by atoms with Gasteiger partial charge in [0, 0.05) is 130 Å². The molecule has 0 unspecified atom stereocenters. The SMILES string of the molecule is CN1C(C)(C)CN(C(=O)CCN(c2nc(N(CCC(=O)N3CC(C)(C)N(C)C(C)(C)C3)C3CCCCC3)nc(N(CCC(=O)N3CC(C)(C)N(C)C(C)(C)C3)C3CCCCC3)n2)C2CCCCC2)CC1(C)C. The number of amides is 3. The number of rotatable bonds is 15. The van der Waals surface area contributed by atoms with Crippen molar-refractivity contribution in [2.45, 2.75) is 250 Å². The minimum Gasteiger partial charge on any atom is -0.339 e. The maximum absolute atomic E-state index is 14.6. The predicted molar refractivity (Wildman–Crippen MR) is 294 cm³/mol. The van der Waals surface area contributed by atoms with Crippen molar-refractivity contribution >= 4 is 35.6 Å². The zero-order chi connectivity index (χ0) is 52.6. The van der Waals surface area contributed by atoms with Crippen molar-refractivity contribution in [3.05, 3.63) is 0 Å². The van der Waals surface area contributed by atoms with Gasteiger partial charge >= 0.3 is 0 Å². The van der Waals surface area contributed by atoms with Crippen LogP contribution in [0.15, 0.2) is 0 Å². The summed E-state index contributed by atoms with van der Waals surface area (Å²) in [6.45, 7) is 32.6. The zero-order valence-corrected chi connectivity index (χ0v) is 48.4. The Balaban J connectivity index is 1.28. The number of hydrogen-bond acceptors (Lipinski definition) is 12. The van der Waals surface area contributed by atoms with Crippen LogP contribution in [0, 0.1) is 0 Å². The van der Waals surface area contributed by atoms with Gasteiger partial charge in [-0.1, -0.05) is 57.8 Å². The first-order valence-corrected chi connectivity index (χ1v) is 28.7. The third-order valence-corrected chi connectivity index (χ3v) is 19.1. The van der Waals surface area contributed by atoms with Crippen molar-refractivity contribution in [3.63, 3.8) is 0 Å². The van der Waals surface area contributed by atoms with E-state index in [0.717, 1.165) is 77.0 Å². The Hall–Kier alpha value is -3.30. The molecule has 3 saturated heterocycles. The molecule has 3 saturated carbocycles. The summed E-state index contributed by atoms with van der Waals surface area (Å²) in [5.41, 5.74) is -0.917. The Morgan fingerprint density at radius 1 is 0.375 bits per heavy atom. The van der Waals surface area contributed by atoms with Crippen LogP contribution >= 0.6 is 0 Å². The second-order valence-corrected chi connectivity index (χ2v) is 27.2. The average molecular weight is 1000 g/mol. The molecular weight excluding hydrogens is 901 g/mol. The fraction of sp³-hybridized carbons (Fsp3) is 0.895. The lowest BCUT2D eigenvalue weighted by molar-refractivity contribution is -0.142. The topological polar surface area (TPSA) is 119 Å². The van der Waals surface area contributed by atoms with Gasteiger partial charge in [-0.25, -0.2) is 0 Å². The molecule has 3 amide bonds. The second kappa shape index (κ2) is 22.1. The van der Waals surface area contributed by atoms with Gasteiger partial charge < -0.3 is 29.4 Å². The fourth-order valence-corrected chi connectivity index (χ4v) is 14.0. The highest BCUT2D eigenvalue weighted by atomic mass is 16.2. The van der Waals surface area contributed by atoms with E-state index in [9.17, 15) is 14.4 Å². The monoisotopic (exact) mass is 1000 g/mol. The maximum Gasteiger partial charge on any atom is 0.232 e. The van der Waals surface area contributed by atoms with Crippen LogP contribution in [0.25, 0.3) is 0 Å². The van der Waals surface area contributed by atoms with Gasteiger partial charge in [0.05, 0.1) is 0 Å². The Labute approximate surface area is 437 Å². The van der Waals surface area contributed by atoms with Gasteiger partial charge in [-0.2, -0.15) is 15.0 Å². The van der Waals surface area contributed by atoms with E-state index in [2.05, 4.69) is 148 Å². The van der Waals surface area contributed by atoms with Crippen molar-refractivity contribution in [1.82, 2.24) is 44.4 Å². The largest absolute Gasteiger partial charge is 0.339 e. The lowest BCUT2D eigenvalue weighted by Gasteiger charge is -2.54. The van der Waals surface area contributed by atoms with Crippen LogP contribution in [0.1, 0.15) is 199 Å². The Bertz CT molecular complexity index is 1730. The lowest BCUT2D eigenvalue weighted by atomic mass is 9.88. The third kappa shape index (κ3) is 12.8. The molecule has 7 rings (SSSR count). The normalized spacial score (nSPS) is 25.3. The standard InChI is InChI=1S/C57H102N12O3/c1-52(2)37-64(38-53(3,4)61(52)13)46(70)31-34-67(43-25-19-16-20-26-43)49-58-50(68(44-27-21-17-22-28-44)35-32-47(71)65-39-54(5,6)62(14)55(7,8)40-65)60-51(59-49)69(45-29-23-18-24-30-45)36-33-48(72)66-41-56(9,10)63(15)57(11,12)42-66/h43-45H,16-42H2,1-15H3. The van der Waals surface area contributed by atoms with E-state index >= 15 is 0 Å². The molecule has 3 aliphatic carbocycles. The molecule has 408 valence electrons. The van der Waals surface area contributed by atoms with Crippen molar-refractivity contribution in [2.24, 2.45) is 0 Å². The zero-order valence-electron chi connectivity index (χ0n) is 48.4. The van der Waals surface area contributed by atoms with Crippen LogP contribution in [-0.4, -0.2) is 193 Å². The number of hydrogen-bond donors (Lipinski definition) is 0. The quantitative estimate of drug-likeness (QED) is 0.168. The summed E-state index contributed by atoms with van der Waals surface area (Å²) in [5, 5.41) is 0. The number of likely N-dealkylation sites (N-methyl/N-ethyl adjacent to an activating group) is 3. The molecule has 1 aromatic heterocycles. The summed E-state index contributed by atoms with van der Waals surface area (Å²) in [5.74, 6) is 2.44. The van der Waals surface area contributed by atoms with Gasteiger partial charge in [0.15, 0.2) is 0 Å². The molecule has 6 aliphatic rings.